The number of aryl methyl sites for hydroxylation is 1. The Morgan fingerprint density at radius 2 is 2.06 bits per heavy atom. The van der Waals surface area contributed by atoms with Crippen LogP contribution in [0.15, 0.2) is 36.4 Å². The zero-order valence-electron chi connectivity index (χ0n) is 9.67. The lowest BCUT2D eigenvalue weighted by atomic mass is 10.1. The van der Waals surface area contributed by atoms with Crippen molar-refractivity contribution in [2.75, 3.05) is 0 Å². The van der Waals surface area contributed by atoms with Crippen LogP contribution in [-0.2, 0) is 0 Å². The number of aromatic nitrogens is 2. The van der Waals surface area contributed by atoms with Crippen molar-refractivity contribution < 1.29 is 4.39 Å². The van der Waals surface area contributed by atoms with Crippen LogP contribution in [0.1, 0.15) is 5.56 Å². The molecule has 3 rings (SSSR count). The summed E-state index contributed by atoms with van der Waals surface area (Å²) in [5.41, 5.74) is 3.13. The Morgan fingerprint density at radius 3 is 2.78 bits per heavy atom. The second kappa shape index (κ2) is 4.10. The molecule has 1 heterocycles. The summed E-state index contributed by atoms with van der Waals surface area (Å²) in [7, 11) is 0. The highest BCUT2D eigenvalue weighted by atomic mass is 35.5. The lowest BCUT2D eigenvalue weighted by Gasteiger charge is -1.99. The monoisotopic (exact) mass is 260 g/mol. The van der Waals surface area contributed by atoms with Crippen molar-refractivity contribution in [2.24, 2.45) is 0 Å². The molecule has 18 heavy (non-hydrogen) atoms. The van der Waals surface area contributed by atoms with E-state index in [1.165, 1.54) is 12.1 Å². The van der Waals surface area contributed by atoms with Gasteiger partial charge in [-0.1, -0.05) is 17.7 Å². The number of nitrogens with one attached hydrogen (secondary N) is 1. The van der Waals surface area contributed by atoms with Crippen LogP contribution < -0.4 is 0 Å². The van der Waals surface area contributed by atoms with Crippen molar-refractivity contribution in [3.63, 3.8) is 0 Å². The predicted octanol–water partition coefficient (Wildman–Crippen LogP) is 4.33. The molecule has 3 aromatic rings. The van der Waals surface area contributed by atoms with E-state index in [0.717, 1.165) is 16.6 Å². The van der Waals surface area contributed by atoms with Crippen LogP contribution in [0.2, 0.25) is 5.02 Å². The molecule has 2 nitrogen and oxygen atoms in total. The minimum Gasteiger partial charge on any atom is -0.338 e. The van der Waals surface area contributed by atoms with E-state index in [-0.39, 0.29) is 5.82 Å². The topological polar surface area (TPSA) is 28.7 Å². The van der Waals surface area contributed by atoms with Crippen LogP contribution in [0, 0.1) is 12.7 Å². The van der Waals surface area contributed by atoms with Gasteiger partial charge in [0.25, 0.3) is 0 Å². The van der Waals surface area contributed by atoms with E-state index in [2.05, 4.69) is 9.97 Å². The van der Waals surface area contributed by atoms with Crippen molar-refractivity contribution in [3.05, 3.63) is 52.8 Å². The molecule has 1 N–H and O–H groups in total. The van der Waals surface area contributed by atoms with E-state index >= 15 is 0 Å². The van der Waals surface area contributed by atoms with Crippen molar-refractivity contribution in [3.8, 4) is 11.4 Å². The lowest BCUT2D eigenvalue weighted by molar-refractivity contribution is 0.627. The first-order valence-corrected chi connectivity index (χ1v) is 5.93. The predicted molar refractivity (Wildman–Crippen MR) is 71.2 cm³/mol. The fourth-order valence-corrected chi connectivity index (χ4v) is 2.22. The van der Waals surface area contributed by atoms with Crippen molar-refractivity contribution in [1.29, 1.82) is 0 Å². The summed E-state index contributed by atoms with van der Waals surface area (Å²) < 4.78 is 13.4. The Hall–Kier alpha value is -1.87. The van der Waals surface area contributed by atoms with Crippen molar-refractivity contribution >= 4 is 22.6 Å². The summed E-state index contributed by atoms with van der Waals surface area (Å²) in [6, 6.07) is 10.4. The number of halogens is 2. The summed E-state index contributed by atoms with van der Waals surface area (Å²) in [5.74, 6) is 0.359. The highest BCUT2D eigenvalue weighted by molar-refractivity contribution is 6.34. The number of hydrogen-bond acceptors (Lipinski definition) is 1. The van der Waals surface area contributed by atoms with Crippen LogP contribution in [-0.4, -0.2) is 9.97 Å². The van der Waals surface area contributed by atoms with Gasteiger partial charge in [0.1, 0.15) is 17.2 Å². The Morgan fingerprint density at radius 1 is 1.22 bits per heavy atom. The summed E-state index contributed by atoms with van der Waals surface area (Å²) >= 11 is 6.06. The Bertz CT molecular complexity index is 713. The molecule has 0 aliphatic heterocycles. The largest absolute Gasteiger partial charge is 0.338 e. The van der Waals surface area contributed by atoms with E-state index in [1.54, 1.807) is 6.07 Å². The summed E-state index contributed by atoms with van der Waals surface area (Å²) in [4.78, 5) is 7.56. The molecule has 0 fully saturated rings. The van der Waals surface area contributed by atoms with Gasteiger partial charge in [0.15, 0.2) is 0 Å². The number of imidazole rings is 1. The first-order valence-electron chi connectivity index (χ1n) is 5.55. The summed E-state index contributed by atoms with van der Waals surface area (Å²) in [5, 5.41) is 0.586. The van der Waals surface area contributed by atoms with Gasteiger partial charge in [-0.3, -0.25) is 0 Å². The molecule has 0 bridgehead atoms. The Balaban J connectivity index is 2.22. The summed E-state index contributed by atoms with van der Waals surface area (Å²) in [6.45, 7) is 1.85. The minimum atomic E-state index is -0.267. The number of rotatable bonds is 1. The third-order valence-electron chi connectivity index (χ3n) is 2.78. The van der Waals surface area contributed by atoms with Crippen LogP contribution in [0.3, 0.4) is 0 Å². The molecule has 0 unspecified atom stereocenters. The van der Waals surface area contributed by atoms with Gasteiger partial charge in [-0.15, -0.1) is 0 Å². The van der Waals surface area contributed by atoms with Gasteiger partial charge in [-0.05, 0) is 42.8 Å². The quantitative estimate of drug-likeness (QED) is 0.693. The van der Waals surface area contributed by atoms with Gasteiger partial charge < -0.3 is 4.98 Å². The fraction of sp³-hybridized carbons (Fsp3) is 0.0714. The minimum absolute atomic E-state index is 0.267. The molecule has 0 aliphatic carbocycles. The first kappa shape index (κ1) is 11.2. The number of hydrogen-bond donors (Lipinski definition) is 1. The third-order valence-corrected chi connectivity index (χ3v) is 3.08. The van der Waals surface area contributed by atoms with E-state index in [0.29, 0.717) is 16.4 Å². The van der Waals surface area contributed by atoms with E-state index in [1.807, 2.05) is 25.1 Å². The van der Waals surface area contributed by atoms with Crippen LogP contribution in [0.25, 0.3) is 22.4 Å². The number of benzene rings is 2. The molecule has 1 aromatic heterocycles. The van der Waals surface area contributed by atoms with Crippen molar-refractivity contribution in [2.45, 2.75) is 6.92 Å². The zero-order chi connectivity index (χ0) is 12.7. The number of H-pyrrole nitrogens is 1. The van der Waals surface area contributed by atoms with Crippen LogP contribution in [0.5, 0.6) is 0 Å². The lowest BCUT2D eigenvalue weighted by Crippen LogP contribution is -1.84. The molecule has 0 amide bonds. The molecule has 90 valence electrons. The number of para-hydroxylation sites is 1. The Kier molecular flexibility index (Phi) is 2.56. The Labute approximate surface area is 108 Å². The molecule has 0 aliphatic rings. The average molecular weight is 261 g/mol. The maximum absolute atomic E-state index is 13.4. The van der Waals surface area contributed by atoms with Crippen LogP contribution in [0.4, 0.5) is 4.39 Å². The van der Waals surface area contributed by atoms with E-state index < -0.39 is 0 Å². The maximum Gasteiger partial charge on any atom is 0.138 e. The molecule has 0 radical (unpaired) electrons. The van der Waals surface area contributed by atoms with Gasteiger partial charge in [0, 0.05) is 5.56 Å². The number of nitrogens with zero attached hydrogens (tertiary/aromatic N) is 1. The normalized spacial score (nSPS) is 11.1. The van der Waals surface area contributed by atoms with Crippen molar-refractivity contribution in [1.82, 2.24) is 9.97 Å². The molecule has 4 heteroatoms. The second-order valence-electron chi connectivity index (χ2n) is 4.24. The van der Waals surface area contributed by atoms with Gasteiger partial charge in [-0.2, -0.15) is 0 Å². The highest BCUT2D eigenvalue weighted by Gasteiger charge is 2.09. The average Bonchev–Trinajstić information content (AvgIpc) is 2.73. The molecule has 2 aromatic carbocycles. The smallest absolute Gasteiger partial charge is 0.138 e. The molecule has 0 atom stereocenters. The zero-order valence-corrected chi connectivity index (χ0v) is 10.4. The first-order chi connectivity index (χ1) is 8.63. The van der Waals surface area contributed by atoms with E-state index in [4.69, 9.17) is 11.6 Å². The molecule has 0 spiro atoms. The molecule has 0 saturated heterocycles. The third kappa shape index (κ3) is 1.87. The maximum atomic E-state index is 13.4. The summed E-state index contributed by atoms with van der Waals surface area (Å²) in [6.07, 6.45) is 0. The SMILES string of the molecule is Cc1cc(F)cc(-c2nc3c(Cl)cccc3[nH]2)c1. The van der Waals surface area contributed by atoms with Gasteiger partial charge in [-0.25, -0.2) is 9.37 Å². The van der Waals surface area contributed by atoms with Gasteiger partial charge >= 0.3 is 0 Å². The van der Waals surface area contributed by atoms with Crippen LogP contribution >= 0.6 is 11.6 Å². The number of aromatic amines is 1. The number of fused-ring (bicyclic) bond motifs is 1. The second-order valence-corrected chi connectivity index (χ2v) is 4.65. The fourth-order valence-electron chi connectivity index (χ4n) is 2.01. The molecular weight excluding hydrogens is 251 g/mol. The molecule has 0 saturated carbocycles. The standard InChI is InChI=1S/C14H10ClFN2/c1-8-5-9(7-10(16)6-8)14-17-12-4-2-3-11(15)13(12)18-14/h2-7H,1H3,(H,17,18). The van der Waals surface area contributed by atoms with Gasteiger partial charge in [0.05, 0.1) is 10.5 Å². The van der Waals surface area contributed by atoms with Gasteiger partial charge in [0.2, 0.25) is 0 Å². The highest BCUT2D eigenvalue weighted by Crippen LogP contribution is 2.26. The molecular formula is C14H10ClFN2. The van der Waals surface area contributed by atoms with E-state index in [9.17, 15) is 4.39 Å².